The van der Waals surface area contributed by atoms with Crippen LogP contribution >= 0.6 is 11.6 Å². The number of nitrogens with two attached hydrogens (primary N) is 1. The van der Waals surface area contributed by atoms with E-state index in [-0.39, 0.29) is 0 Å². The molecule has 0 amide bonds. The summed E-state index contributed by atoms with van der Waals surface area (Å²) >= 11 is 6.22. The van der Waals surface area contributed by atoms with Crippen molar-refractivity contribution in [2.24, 2.45) is 5.73 Å². The van der Waals surface area contributed by atoms with Gasteiger partial charge in [-0.05, 0) is 17.7 Å². The van der Waals surface area contributed by atoms with Crippen LogP contribution in [-0.2, 0) is 6.54 Å². The average molecular weight is 259 g/mol. The van der Waals surface area contributed by atoms with E-state index in [0.717, 1.165) is 16.5 Å². The molecule has 2 aromatic heterocycles. The number of benzene rings is 1. The first kappa shape index (κ1) is 11.2. The van der Waals surface area contributed by atoms with Crippen molar-refractivity contribution in [3.05, 3.63) is 53.3 Å². The second-order valence-corrected chi connectivity index (χ2v) is 4.38. The van der Waals surface area contributed by atoms with E-state index < -0.39 is 0 Å². The largest absolute Gasteiger partial charge is 0.326 e. The monoisotopic (exact) mass is 258 g/mol. The standard InChI is InChI=1S/C13H11ClN4/c14-11-5-9(6-15)7-16-13(11)18-12-4-2-1-3-10(12)8-17-18/h1-5,7-8H,6,15H2. The number of aromatic nitrogens is 3. The minimum absolute atomic E-state index is 0.423. The van der Waals surface area contributed by atoms with Gasteiger partial charge in [-0.25, -0.2) is 9.67 Å². The third-order valence-electron chi connectivity index (χ3n) is 2.79. The van der Waals surface area contributed by atoms with Crippen molar-refractivity contribution < 1.29 is 0 Å². The summed E-state index contributed by atoms with van der Waals surface area (Å²) in [5.74, 6) is 0.620. The molecule has 0 aliphatic heterocycles. The van der Waals surface area contributed by atoms with Crippen molar-refractivity contribution in [2.75, 3.05) is 0 Å². The van der Waals surface area contributed by atoms with Gasteiger partial charge in [0.2, 0.25) is 0 Å². The number of rotatable bonds is 2. The summed E-state index contributed by atoms with van der Waals surface area (Å²) in [4.78, 5) is 4.33. The Morgan fingerprint density at radius 1 is 1.22 bits per heavy atom. The molecular weight excluding hydrogens is 248 g/mol. The molecule has 5 heteroatoms. The minimum Gasteiger partial charge on any atom is -0.326 e. The van der Waals surface area contributed by atoms with Gasteiger partial charge in [0.15, 0.2) is 5.82 Å². The highest BCUT2D eigenvalue weighted by Crippen LogP contribution is 2.23. The Bertz CT molecular complexity index is 705. The van der Waals surface area contributed by atoms with Crippen molar-refractivity contribution in [1.82, 2.24) is 14.8 Å². The number of pyridine rings is 1. The van der Waals surface area contributed by atoms with E-state index in [1.165, 1.54) is 0 Å². The molecule has 0 aliphatic rings. The molecule has 0 saturated carbocycles. The van der Waals surface area contributed by atoms with Gasteiger partial charge >= 0.3 is 0 Å². The second kappa shape index (κ2) is 4.40. The van der Waals surface area contributed by atoms with E-state index in [2.05, 4.69) is 10.1 Å². The van der Waals surface area contributed by atoms with Gasteiger partial charge in [-0.3, -0.25) is 0 Å². The first-order chi connectivity index (χ1) is 8.79. The van der Waals surface area contributed by atoms with Gasteiger partial charge in [0.1, 0.15) is 0 Å². The molecule has 0 bridgehead atoms. The normalized spacial score (nSPS) is 11.0. The van der Waals surface area contributed by atoms with Gasteiger partial charge < -0.3 is 5.73 Å². The van der Waals surface area contributed by atoms with E-state index in [1.54, 1.807) is 17.1 Å². The molecule has 18 heavy (non-hydrogen) atoms. The molecule has 4 nitrogen and oxygen atoms in total. The fourth-order valence-corrected chi connectivity index (χ4v) is 2.15. The van der Waals surface area contributed by atoms with Crippen LogP contribution in [0.4, 0.5) is 0 Å². The summed E-state index contributed by atoms with van der Waals surface area (Å²) in [6.07, 6.45) is 3.52. The van der Waals surface area contributed by atoms with Crippen LogP contribution in [0.5, 0.6) is 0 Å². The minimum atomic E-state index is 0.423. The maximum atomic E-state index is 6.22. The maximum absolute atomic E-state index is 6.22. The molecule has 0 spiro atoms. The summed E-state index contributed by atoms with van der Waals surface area (Å²) in [7, 11) is 0. The molecule has 3 aromatic rings. The summed E-state index contributed by atoms with van der Waals surface area (Å²) in [6.45, 7) is 0.423. The summed E-state index contributed by atoms with van der Waals surface area (Å²) in [6, 6.07) is 9.74. The van der Waals surface area contributed by atoms with Crippen LogP contribution in [0.3, 0.4) is 0 Å². The lowest BCUT2D eigenvalue weighted by atomic mass is 10.2. The highest BCUT2D eigenvalue weighted by atomic mass is 35.5. The molecule has 1 aromatic carbocycles. The third kappa shape index (κ3) is 1.75. The molecule has 0 unspecified atom stereocenters. The van der Waals surface area contributed by atoms with E-state index >= 15 is 0 Å². The van der Waals surface area contributed by atoms with Gasteiger partial charge in [0, 0.05) is 18.1 Å². The third-order valence-corrected chi connectivity index (χ3v) is 3.07. The molecule has 0 saturated heterocycles. The molecule has 3 rings (SSSR count). The first-order valence-corrected chi connectivity index (χ1v) is 5.95. The Labute approximate surface area is 109 Å². The predicted octanol–water partition coefficient (Wildman–Crippen LogP) is 2.53. The van der Waals surface area contributed by atoms with Crippen LogP contribution in [0, 0.1) is 0 Å². The van der Waals surface area contributed by atoms with Gasteiger partial charge in [0.05, 0.1) is 16.7 Å². The Kier molecular flexibility index (Phi) is 2.74. The number of nitrogens with zero attached hydrogens (tertiary/aromatic N) is 3. The van der Waals surface area contributed by atoms with Crippen LogP contribution in [0.15, 0.2) is 42.7 Å². The van der Waals surface area contributed by atoms with Crippen molar-refractivity contribution >= 4 is 22.5 Å². The summed E-state index contributed by atoms with van der Waals surface area (Å²) < 4.78 is 1.73. The summed E-state index contributed by atoms with van der Waals surface area (Å²) in [5.41, 5.74) is 7.44. The number of hydrogen-bond acceptors (Lipinski definition) is 3. The average Bonchev–Trinajstić information content (AvgIpc) is 2.82. The summed E-state index contributed by atoms with van der Waals surface area (Å²) in [5, 5.41) is 5.92. The van der Waals surface area contributed by atoms with Crippen LogP contribution in [0.2, 0.25) is 5.02 Å². The molecular formula is C13H11ClN4. The van der Waals surface area contributed by atoms with Crippen molar-refractivity contribution in [2.45, 2.75) is 6.54 Å². The van der Waals surface area contributed by atoms with Gasteiger partial charge in [-0.1, -0.05) is 29.8 Å². The Hall–Kier alpha value is -1.91. The van der Waals surface area contributed by atoms with Crippen LogP contribution < -0.4 is 5.73 Å². The molecule has 0 atom stereocenters. The fourth-order valence-electron chi connectivity index (χ4n) is 1.88. The SMILES string of the molecule is NCc1cnc(-n2ncc3ccccc32)c(Cl)c1. The van der Waals surface area contributed by atoms with Crippen molar-refractivity contribution in [1.29, 1.82) is 0 Å². The molecule has 90 valence electrons. The number of fused-ring (bicyclic) bond motifs is 1. The first-order valence-electron chi connectivity index (χ1n) is 5.57. The maximum Gasteiger partial charge on any atom is 0.172 e. The van der Waals surface area contributed by atoms with Crippen molar-refractivity contribution in [3.63, 3.8) is 0 Å². The number of para-hydroxylation sites is 1. The zero-order valence-electron chi connectivity index (χ0n) is 9.55. The van der Waals surface area contributed by atoms with Crippen molar-refractivity contribution in [3.8, 4) is 5.82 Å². The molecule has 2 heterocycles. The lowest BCUT2D eigenvalue weighted by Crippen LogP contribution is -2.03. The highest BCUT2D eigenvalue weighted by Gasteiger charge is 2.09. The zero-order chi connectivity index (χ0) is 12.5. The van der Waals surface area contributed by atoms with Crippen LogP contribution in [0.25, 0.3) is 16.7 Å². The zero-order valence-corrected chi connectivity index (χ0v) is 10.3. The molecule has 2 N–H and O–H groups in total. The second-order valence-electron chi connectivity index (χ2n) is 3.97. The van der Waals surface area contributed by atoms with E-state index in [0.29, 0.717) is 17.4 Å². The lowest BCUT2D eigenvalue weighted by molar-refractivity contribution is 0.869. The Morgan fingerprint density at radius 3 is 2.83 bits per heavy atom. The molecule has 0 fully saturated rings. The lowest BCUT2D eigenvalue weighted by Gasteiger charge is -2.06. The fraction of sp³-hybridized carbons (Fsp3) is 0.0769. The number of halogens is 1. The topological polar surface area (TPSA) is 56.7 Å². The Morgan fingerprint density at radius 2 is 2.06 bits per heavy atom. The van der Waals surface area contributed by atoms with Gasteiger partial charge in [0.25, 0.3) is 0 Å². The smallest absolute Gasteiger partial charge is 0.172 e. The molecule has 0 radical (unpaired) electrons. The highest BCUT2D eigenvalue weighted by molar-refractivity contribution is 6.32. The Balaban J connectivity index is 2.20. The van der Waals surface area contributed by atoms with Gasteiger partial charge in [-0.15, -0.1) is 0 Å². The van der Waals surface area contributed by atoms with Crippen LogP contribution in [-0.4, -0.2) is 14.8 Å². The van der Waals surface area contributed by atoms with Gasteiger partial charge in [-0.2, -0.15) is 5.10 Å². The van der Waals surface area contributed by atoms with E-state index in [9.17, 15) is 0 Å². The van der Waals surface area contributed by atoms with Crippen LogP contribution in [0.1, 0.15) is 5.56 Å². The quantitative estimate of drug-likeness (QED) is 0.768. The van der Waals surface area contributed by atoms with E-state index in [1.807, 2.05) is 30.3 Å². The molecule has 0 aliphatic carbocycles. The number of hydrogen-bond donors (Lipinski definition) is 1. The predicted molar refractivity (Wildman–Crippen MR) is 71.8 cm³/mol. The van der Waals surface area contributed by atoms with E-state index in [4.69, 9.17) is 17.3 Å².